The van der Waals surface area contributed by atoms with E-state index in [4.69, 9.17) is 19.4 Å². The fourth-order valence-corrected chi connectivity index (χ4v) is 7.21. The highest BCUT2D eigenvalue weighted by Gasteiger charge is 2.17. The van der Waals surface area contributed by atoms with Crippen molar-refractivity contribution in [2.24, 2.45) is 0 Å². The van der Waals surface area contributed by atoms with Gasteiger partial charge in [0.25, 0.3) is 0 Å². The summed E-state index contributed by atoms with van der Waals surface area (Å²) in [6, 6.07) is 65.2. The number of rotatable bonds is 6. The fourth-order valence-electron chi connectivity index (χ4n) is 7.21. The lowest BCUT2D eigenvalue weighted by atomic mass is 9.99. The molecule has 0 atom stereocenters. The van der Waals surface area contributed by atoms with E-state index in [2.05, 4.69) is 158 Å². The predicted octanol–water partition coefficient (Wildman–Crippen LogP) is 12.9. The summed E-state index contributed by atoms with van der Waals surface area (Å²) in [6.07, 6.45) is 0. The molecule has 0 saturated heterocycles. The Balaban J connectivity index is 1.08. The lowest BCUT2D eigenvalue weighted by molar-refractivity contribution is 0.669. The predicted molar refractivity (Wildman–Crippen MR) is 217 cm³/mol. The standard InChI is InChI=1S/C49H31N3O/c1-3-10-32(11-4-1)34-18-23-37(24-19-34)47-50-48(38-25-20-35(21-26-38)40-27-22-33-12-7-8-15-39(33)30-40)52-49(51-47)41-28-29-43-45(31-41)53-44-17-9-16-42(46(43)44)36-13-5-2-6-14-36/h1-31H. The van der Waals surface area contributed by atoms with Crippen LogP contribution in [0.1, 0.15) is 0 Å². The average molecular weight is 678 g/mol. The van der Waals surface area contributed by atoms with Crippen LogP contribution in [-0.2, 0) is 0 Å². The summed E-state index contributed by atoms with van der Waals surface area (Å²) in [6.45, 7) is 0. The molecule has 0 aliphatic rings. The van der Waals surface area contributed by atoms with Gasteiger partial charge in [-0.15, -0.1) is 0 Å². The largest absolute Gasteiger partial charge is 0.456 e. The maximum Gasteiger partial charge on any atom is 0.164 e. The monoisotopic (exact) mass is 677 g/mol. The number of nitrogens with zero attached hydrogens (tertiary/aromatic N) is 3. The van der Waals surface area contributed by atoms with E-state index in [1.54, 1.807) is 0 Å². The maximum absolute atomic E-state index is 6.47. The van der Waals surface area contributed by atoms with E-state index >= 15 is 0 Å². The van der Waals surface area contributed by atoms with E-state index in [1.165, 1.54) is 16.3 Å². The Morgan fingerprint density at radius 3 is 1.49 bits per heavy atom. The minimum absolute atomic E-state index is 0.585. The molecule has 0 saturated carbocycles. The van der Waals surface area contributed by atoms with Crippen molar-refractivity contribution in [2.45, 2.75) is 0 Å². The van der Waals surface area contributed by atoms with Gasteiger partial charge in [0.1, 0.15) is 11.2 Å². The molecule has 248 valence electrons. The fraction of sp³-hybridized carbons (Fsp3) is 0. The molecule has 0 bridgehead atoms. The molecule has 53 heavy (non-hydrogen) atoms. The van der Waals surface area contributed by atoms with E-state index in [-0.39, 0.29) is 0 Å². The first kappa shape index (κ1) is 30.6. The topological polar surface area (TPSA) is 51.8 Å². The number of furan rings is 1. The molecule has 0 amide bonds. The summed E-state index contributed by atoms with van der Waals surface area (Å²) in [7, 11) is 0. The van der Waals surface area contributed by atoms with Crippen LogP contribution >= 0.6 is 0 Å². The molecule has 0 unspecified atom stereocenters. The molecular weight excluding hydrogens is 647 g/mol. The van der Waals surface area contributed by atoms with Gasteiger partial charge >= 0.3 is 0 Å². The van der Waals surface area contributed by atoms with Crippen LogP contribution in [0.15, 0.2) is 192 Å². The van der Waals surface area contributed by atoms with E-state index in [0.29, 0.717) is 17.5 Å². The van der Waals surface area contributed by atoms with Crippen molar-refractivity contribution < 1.29 is 4.42 Å². The van der Waals surface area contributed by atoms with Crippen LogP contribution in [-0.4, -0.2) is 15.0 Å². The molecule has 10 aromatic rings. The molecule has 0 N–H and O–H groups in total. The van der Waals surface area contributed by atoms with Crippen LogP contribution in [0, 0.1) is 0 Å². The molecule has 2 aromatic heterocycles. The molecule has 0 aliphatic heterocycles. The SMILES string of the molecule is c1ccc(-c2ccc(-c3nc(-c4ccc(-c5ccc6ccccc6c5)cc4)nc(-c4ccc5c(c4)oc4cccc(-c6ccccc6)c45)n3)cc2)cc1. The van der Waals surface area contributed by atoms with Gasteiger partial charge in [0, 0.05) is 27.5 Å². The molecule has 8 aromatic carbocycles. The van der Waals surface area contributed by atoms with Crippen molar-refractivity contribution >= 4 is 32.7 Å². The van der Waals surface area contributed by atoms with Gasteiger partial charge in [-0.25, -0.2) is 15.0 Å². The van der Waals surface area contributed by atoms with E-state index in [1.807, 2.05) is 30.3 Å². The second-order valence-electron chi connectivity index (χ2n) is 13.2. The van der Waals surface area contributed by atoms with Crippen LogP contribution in [0.2, 0.25) is 0 Å². The number of hydrogen-bond donors (Lipinski definition) is 0. The van der Waals surface area contributed by atoms with Gasteiger partial charge in [-0.05, 0) is 68.4 Å². The van der Waals surface area contributed by atoms with Crippen LogP contribution in [0.5, 0.6) is 0 Å². The third-order valence-corrected chi connectivity index (χ3v) is 9.95. The van der Waals surface area contributed by atoms with Crippen molar-refractivity contribution in [1.82, 2.24) is 15.0 Å². The van der Waals surface area contributed by atoms with Crippen molar-refractivity contribution in [2.75, 3.05) is 0 Å². The minimum atomic E-state index is 0.585. The molecule has 0 fully saturated rings. The highest BCUT2D eigenvalue weighted by molar-refractivity contribution is 6.13. The Kier molecular flexibility index (Phi) is 7.43. The molecule has 2 heterocycles. The summed E-state index contributed by atoms with van der Waals surface area (Å²) < 4.78 is 6.47. The van der Waals surface area contributed by atoms with Crippen LogP contribution in [0.4, 0.5) is 0 Å². The zero-order chi connectivity index (χ0) is 35.1. The molecule has 0 radical (unpaired) electrons. The van der Waals surface area contributed by atoms with Crippen molar-refractivity contribution in [3.8, 4) is 67.5 Å². The number of hydrogen-bond acceptors (Lipinski definition) is 4. The first-order valence-corrected chi connectivity index (χ1v) is 17.8. The Labute approximate surface area is 306 Å². The highest BCUT2D eigenvalue weighted by Crippen LogP contribution is 2.38. The van der Waals surface area contributed by atoms with Gasteiger partial charge in [-0.2, -0.15) is 0 Å². The third kappa shape index (κ3) is 5.73. The lowest BCUT2D eigenvalue weighted by Gasteiger charge is -2.10. The Hall–Kier alpha value is -7.17. The molecule has 0 spiro atoms. The Morgan fingerprint density at radius 2 is 0.811 bits per heavy atom. The summed E-state index contributed by atoms with van der Waals surface area (Å²) in [4.78, 5) is 15.2. The highest BCUT2D eigenvalue weighted by atomic mass is 16.3. The Bertz CT molecular complexity index is 2910. The van der Waals surface area contributed by atoms with Gasteiger partial charge in [0.2, 0.25) is 0 Å². The van der Waals surface area contributed by atoms with Crippen LogP contribution in [0.3, 0.4) is 0 Å². The zero-order valence-electron chi connectivity index (χ0n) is 28.6. The lowest BCUT2D eigenvalue weighted by Crippen LogP contribution is -2.00. The number of aromatic nitrogens is 3. The molecule has 10 rings (SSSR count). The summed E-state index contributed by atoms with van der Waals surface area (Å²) in [5.41, 5.74) is 11.2. The van der Waals surface area contributed by atoms with Gasteiger partial charge in [-0.1, -0.05) is 164 Å². The first-order chi connectivity index (χ1) is 26.2. The van der Waals surface area contributed by atoms with Gasteiger partial charge in [0.05, 0.1) is 0 Å². The molecule has 4 nitrogen and oxygen atoms in total. The number of fused-ring (bicyclic) bond motifs is 4. The average Bonchev–Trinajstić information content (AvgIpc) is 3.62. The van der Waals surface area contributed by atoms with Crippen molar-refractivity contribution in [3.05, 3.63) is 188 Å². The summed E-state index contributed by atoms with van der Waals surface area (Å²) in [5, 5.41) is 4.60. The van der Waals surface area contributed by atoms with Crippen LogP contribution < -0.4 is 0 Å². The summed E-state index contributed by atoms with van der Waals surface area (Å²) in [5.74, 6) is 1.80. The smallest absolute Gasteiger partial charge is 0.164 e. The maximum atomic E-state index is 6.47. The molecular formula is C49H31N3O. The van der Waals surface area contributed by atoms with Crippen LogP contribution in [0.25, 0.3) is 100 Å². The molecule has 0 aliphatic carbocycles. The van der Waals surface area contributed by atoms with E-state index < -0.39 is 0 Å². The first-order valence-electron chi connectivity index (χ1n) is 17.8. The minimum Gasteiger partial charge on any atom is -0.456 e. The normalized spacial score (nSPS) is 11.4. The van der Waals surface area contributed by atoms with Gasteiger partial charge in [-0.3, -0.25) is 0 Å². The second kappa shape index (κ2) is 12.9. The number of benzene rings is 8. The van der Waals surface area contributed by atoms with E-state index in [9.17, 15) is 0 Å². The second-order valence-corrected chi connectivity index (χ2v) is 13.2. The van der Waals surface area contributed by atoms with Crippen molar-refractivity contribution in [1.29, 1.82) is 0 Å². The van der Waals surface area contributed by atoms with Crippen molar-refractivity contribution in [3.63, 3.8) is 0 Å². The zero-order valence-corrected chi connectivity index (χ0v) is 28.6. The quantitative estimate of drug-likeness (QED) is 0.176. The van der Waals surface area contributed by atoms with Gasteiger partial charge < -0.3 is 4.42 Å². The third-order valence-electron chi connectivity index (χ3n) is 9.95. The van der Waals surface area contributed by atoms with E-state index in [0.717, 1.165) is 66.4 Å². The van der Waals surface area contributed by atoms with Gasteiger partial charge in [0.15, 0.2) is 17.5 Å². The Morgan fingerprint density at radius 1 is 0.302 bits per heavy atom. The molecule has 4 heteroatoms. The summed E-state index contributed by atoms with van der Waals surface area (Å²) >= 11 is 0.